The van der Waals surface area contributed by atoms with Crippen LogP contribution < -0.4 is 5.32 Å². The highest BCUT2D eigenvalue weighted by atomic mass is 15.2. The average Bonchev–Trinajstić information content (AvgIpc) is 2.69. The minimum atomic E-state index is 0.194. The minimum Gasteiger partial charge on any atom is -0.374 e. The van der Waals surface area contributed by atoms with Crippen LogP contribution in [0, 0.1) is 11.3 Å². The van der Waals surface area contributed by atoms with Crippen LogP contribution in [0.3, 0.4) is 0 Å². The van der Waals surface area contributed by atoms with Gasteiger partial charge < -0.3 is 10.2 Å². The molecule has 19 heavy (non-hydrogen) atoms. The van der Waals surface area contributed by atoms with Crippen molar-refractivity contribution in [1.29, 1.82) is 0 Å². The molecular formula is C17H22N2. The van der Waals surface area contributed by atoms with Crippen LogP contribution in [-0.2, 0) is 0 Å². The summed E-state index contributed by atoms with van der Waals surface area (Å²) in [7, 11) is 2.30. The van der Waals surface area contributed by atoms with Gasteiger partial charge in [-0.05, 0) is 48.6 Å². The van der Waals surface area contributed by atoms with Crippen molar-refractivity contribution < 1.29 is 0 Å². The van der Waals surface area contributed by atoms with E-state index in [1.54, 1.807) is 16.8 Å². The van der Waals surface area contributed by atoms with Gasteiger partial charge in [0, 0.05) is 30.4 Å². The first-order valence-corrected chi connectivity index (χ1v) is 7.42. The summed E-state index contributed by atoms with van der Waals surface area (Å²) in [5.74, 6) is 0.655. The fraction of sp³-hybridized carbons (Fsp3) is 0.529. The fourth-order valence-corrected chi connectivity index (χ4v) is 4.64. The topological polar surface area (TPSA) is 15.3 Å². The second-order valence-electron chi connectivity index (χ2n) is 6.60. The summed E-state index contributed by atoms with van der Waals surface area (Å²) in [5, 5.41) is 3.29. The van der Waals surface area contributed by atoms with Gasteiger partial charge in [0.1, 0.15) is 0 Å². The van der Waals surface area contributed by atoms with Crippen LogP contribution in [0.15, 0.2) is 47.0 Å². The summed E-state index contributed by atoms with van der Waals surface area (Å²) in [6, 6.07) is 0.666. The van der Waals surface area contributed by atoms with Crippen LogP contribution in [0.25, 0.3) is 0 Å². The van der Waals surface area contributed by atoms with Crippen LogP contribution in [-0.4, -0.2) is 18.0 Å². The van der Waals surface area contributed by atoms with Gasteiger partial charge in [-0.25, -0.2) is 0 Å². The largest absolute Gasteiger partial charge is 0.374 e. The van der Waals surface area contributed by atoms with Crippen LogP contribution in [0.1, 0.15) is 33.1 Å². The Labute approximate surface area is 115 Å². The first-order valence-electron chi connectivity index (χ1n) is 7.42. The molecule has 4 rings (SSSR count). The maximum Gasteiger partial charge on any atom is 0.0361 e. The SMILES string of the molecule is CC1C2CC3=C(CCC4=C3C=CNC=CC41C)N2C. The quantitative estimate of drug-likeness (QED) is 0.713. The molecule has 2 aliphatic carbocycles. The molecule has 0 aromatic carbocycles. The van der Waals surface area contributed by atoms with Gasteiger partial charge in [-0.3, -0.25) is 0 Å². The lowest BCUT2D eigenvalue weighted by molar-refractivity contribution is 0.161. The molecule has 1 N–H and O–H groups in total. The molecular weight excluding hydrogens is 232 g/mol. The van der Waals surface area contributed by atoms with Crippen LogP contribution in [0.2, 0.25) is 0 Å². The van der Waals surface area contributed by atoms with Gasteiger partial charge in [0.15, 0.2) is 0 Å². The number of nitrogens with one attached hydrogen (secondary N) is 1. The van der Waals surface area contributed by atoms with Crippen molar-refractivity contribution in [3.8, 4) is 0 Å². The van der Waals surface area contributed by atoms with E-state index in [2.05, 4.69) is 55.7 Å². The van der Waals surface area contributed by atoms with E-state index in [4.69, 9.17) is 0 Å². The highest BCUT2D eigenvalue weighted by Crippen LogP contribution is 2.56. The lowest BCUT2D eigenvalue weighted by Crippen LogP contribution is -2.43. The molecule has 0 saturated carbocycles. The van der Waals surface area contributed by atoms with Crippen molar-refractivity contribution in [2.24, 2.45) is 11.3 Å². The van der Waals surface area contributed by atoms with E-state index in [1.807, 2.05) is 0 Å². The molecule has 2 heterocycles. The van der Waals surface area contributed by atoms with Crippen molar-refractivity contribution in [3.63, 3.8) is 0 Å². The number of allylic oxidation sites excluding steroid dienone is 5. The van der Waals surface area contributed by atoms with Crippen molar-refractivity contribution in [2.75, 3.05) is 7.05 Å². The molecule has 0 spiro atoms. The maximum atomic E-state index is 3.29. The lowest BCUT2D eigenvalue weighted by atomic mass is 9.66. The molecule has 4 aliphatic rings. The molecule has 0 fully saturated rings. The normalized spacial score (nSPS) is 39.4. The number of hydrogen-bond acceptors (Lipinski definition) is 2. The van der Waals surface area contributed by atoms with E-state index in [1.165, 1.54) is 24.8 Å². The van der Waals surface area contributed by atoms with Crippen LogP contribution in [0.5, 0.6) is 0 Å². The molecule has 5 bridgehead atoms. The Kier molecular flexibility index (Phi) is 2.13. The second kappa shape index (κ2) is 3.56. The Morgan fingerprint density at radius 2 is 2.16 bits per heavy atom. The van der Waals surface area contributed by atoms with Gasteiger partial charge >= 0.3 is 0 Å². The van der Waals surface area contributed by atoms with E-state index in [-0.39, 0.29) is 5.41 Å². The van der Waals surface area contributed by atoms with E-state index in [0.717, 1.165) is 0 Å². The molecule has 0 amide bonds. The van der Waals surface area contributed by atoms with Crippen molar-refractivity contribution in [1.82, 2.24) is 10.2 Å². The second-order valence-corrected chi connectivity index (χ2v) is 6.60. The van der Waals surface area contributed by atoms with Gasteiger partial charge in [-0.1, -0.05) is 25.5 Å². The number of rotatable bonds is 0. The lowest BCUT2D eigenvalue weighted by Gasteiger charge is -2.45. The Morgan fingerprint density at radius 3 is 3.00 bits per heavy atom. The van der Waals surface area contributed by atoms with Gasteiger partial charge in [0.05, 0.1) is 0 Å². The van der Waals surface area contributed by atoms with E-state index < -0.39 is 0 Å². The molecule has 100 valence electrons. The van der Waals surface area contributed by atoms with Gasteiger partial charge in [0.2, 0.25) is 0 Å². The Morgan fingerprint density at radius 1 is 1.32 bits per heavy atom. The third-order valence-corrected chi connectivity index (χ3v) is 5.99. The molecule has 0 aromatic heterocycles. The monoisotopic (exact) mass is 254 g/mol. The summed E-state index contributed by atoms with van der Waals surface area (Å²) in [6.45, 7) is 4.87. The number of nitrogens with zero attached hydrogens (tertiary/aromatic N) is 1. The van der Waals surface area contributed by atoms with Crippen molar-refractivity contribution >= 4 is 0 Å². The molecule has 0 saturated heterocycles. The first-order chi connectivity index (χ1) is 9.13. The van der Waals surface area contributed by atoms with Gasteiger partial charge in [-0.15, -0.1) is 0 Å². The third-order valence-electron chi connectivity index (χ3n) is 5.99. The Balaban J connectivity index is 2.04. The average molecular weight is 254 g/mol. The first kappa shape index (κ1) is 11.4. The zero-order chi connectivity index (χ0) is 13.2. The van der Waals surface area contributed by atoms with Gasteiger partial charge in [0.25, 0.3) is 0 Å². The highest BCUT2D eigenvalue weighted by molar-refractivity contribution is 5.56. The summed E-state index contributed by atoms with van der Waals surface area (Å²) < 4.78 is 0. The standard InChI is InChI=1S/C17H22N2/c1-11-16-10-13-12-6-8-18-9-7-17(11,2)14(12)4-5-15(13)19(16)3/h6-9,11,16,18H,4-5,10H2,1-3H3. The van der Waals surface area contributed by atoms with Crippen molar-refractivity contribution in [3.05, 3.63) is 47.0 Å². The zero-order valence-electron chi connectivity index (χ0n) is 12.0. The predicted octanol–water partition coefficient (Wildman–Crippen LogP) is 3.32. The number of fused-ring (bicyclic) bond motifs is 1. The molecule has 2 heteroatoms. The summed E-state index contributed by atoms with van der Waals surface area (Å²) in [5.41, 5.74) is 6.62. The molecule has 2 aliphatic heterocycles. The molecule has 0 aromatic rings. The third kappa shape index (κ3) is 1.27. The van der Waals surface area contributed by atoms with Crippen LogP contribution in [0.4, 0.5) is 0 Å². The zero-order valence-corrected chi connectivity index (χ0v) is 12.0. The minimum absolute atomic E-state index is 0.194. The number of likely N-dealkylation sites (tertiary alicyclic amines) is 1. The van der Waals surface area contributed by atoms with Gasteiger partial charge in [-0.2, -0.15) is 0 Å². The smallest absolute Gasteiger partial charge is 0.0361 e. The Hall–Kier alpha value is -1.44. The van der Waals surface area contributed by atoms with E-state index in [9.17, 15) is 0 Å². The Bertz CT molecular complexity index is 564. The molecule has 2 nitrogen and oxygen atoms in total. The summed E-state index contributed by atoms with van der Waals surface area (Å²) >= 11 is 0. The summed E-state index contributed by atoms with van der Waals surface area (Å²) in [4.78, 5) is 2.57. The molecule has 3 unspecified atom stereocenters. The fourth-order valence-electron chi connectivity index (χ4n) is 4.64. The highest BCUT2D eigenvalue weighted by Gasteiger charge is 2.49. The molecule has 0 radical (unpaired) electrons. The van der Waals surface area contributed by atoms with E-state index in [0.29, 0.717) is 12.0 Å². The van der Waals surface area contributed by atoms with E-state index >= 15 is 0 Å². The predicted molar refractivity (Wildman–Crippen MR) is 78.1 cm³/mol. The molecule has 3 atom stereocenters. The maximum absolute atomic E-state index is 3.29. The number of hydrogen-bond donors (Lipinski definition) is 1. The van der Waals surface area contributed by atoms with Crippen LogP contribution >= 0.6 is 0 Å². The van der Waals surface area contributed by atoms with Crippen molar-refractivity contribution in [2.45, 2.75) is 39.2 Å². The summed E-state index contributed by atoms with van der Waals surface area (Å²) in [6.07, 6.45) is 12.6.